The lowest BCUT2D eigenvalue weighted by Crippen LogP contribution is -2.46. The van der Waals surface area contributed by atoms with E-state index in [1.807, 2.05) is 45.0 Å². The Hall–Kier alpha value is -2.08. The first-order valence-corrected chi connectivity index (χ1v) is 6.93. The van der Waals surface area contributed by atoms with Gasteiger partial charge in [0.15, 0.2) is 0 Å². The summed E-state index contributed by atoms with van der Waals surface area (Å²) in [6, 6.07) is 7.57. The average molecular weight is 291 g/mol. The van der Waals surface area contributed by atoms with Gasteiger partial charge in [0.2, 0.25) is 5.91 Å². The number of nitrogens with one attached hydrogen (secondary N) is 3. The van der Waals surface area contributed by atoms with Gasteiger partial charge in [0.05, 0.1) is 12.6 Å². The summed E-state index contributed by atoms with van der Waals surface area (Å²) in [7, 11) is 0. The molecule has 1 fully saturated rings. The summed E-state index contributed by atoms with van der Waals surface area (Å²) < 4.78 is 5.19. The Labute approximate surface area is 124 Å². The van der Waals surface area contributed by atoms with Crippen LogP contribution in [-0.4, -0.2) is 30.7 Å². The van der Waals surface area contributed by atoms with Crippen molar-refractivity contribution in [1.82, 2.24) is 10.6 Å². The van der Waals surface area contributed by atoms with Crippen molar-refractivity contribution in [3.8, 4) is 0 Å². The molecule has 1 atom stereocenters. The van der Waals surface area contributed by atoms with Crippen molar-refractivity contribution < 1.29 is 14.3 Å². The lowest BCUT2D eigenvalue weighted by Gasteiger charge is -2.24. The van der Waals surface area contributed by atoms with Crippen LogP contribution in [0.4, 0.5) is 10.5 Å². The van der Waals surface area contributed by atoms with Gasteiger partial charge < -0.3 is 10.1 Å². The number of hydrogen-bond acceptors (Lipinski definition) is 4. The van der Waals surface area contributed by atoms with Crippen LogP contribution in [0.25, 0.3) is 0 Å². The summed E-state index contributed by atoms with van der Waals surface area (Å²) >= 11 is 0. The number of carbonyl (C=O) groups is 2. The number of carbonyl (C=O) groups excluding carboxylic acids is 2. The number of rotatable bonds is 2. The van der Waals surface area contributed by atoms with Crippen LogP contribution in [0.1, 0.15) is 32.4 Å². The SMILES string of the molecule is CC(C)(C)OC(=O)Nc1ccc([C@H]2CNC(=O)CN2)cc1. The second-order valence-corrected chi connectivity index (χ2v) is 5.99. The molecule has 2 amide bonds. The highest BCUT2D eigenvalue weighted by Gasteiger charge is 2.19. The number of amides is 2. The maximum Gasteiger partial charge on any atom is 0.412 e. The van der Waals surface area contributed by atoms with E-state index in [0.29, 0.717) is 18.8 Å². The van der Waals surface area contributed by atoms with Gasteiger partial charge in [0.25, 0.3) is 0 Å². The monoisotopic (exact) mass is 291 g/mol. The summed E-state index contributed by atoms with van der Waals surface area (Å²) in [6.45, 7) is 6.34. The summed E-state index contributed by atoms with van der Waals surface area (Å²) in [4.78, 5) is 22.8. The van der Waals surface area contributed by atoms with E-state index in [4.69, 9.17) is 4.74 Å². The first-order chi connectivity index (χ1) is 9.83. The topological polar surface area (TPSA) is 79.5 Å². The Kier molecular flexibility index (Phi) is 4.47. The maximum atomic E-state index is 11.7. The van der Waals surface area contributed by atoms with E-state index in [0.717, 1.165) is 5.56 Å². The minimum Gasteiger partial charge on any atom is -0.444 e. The van der Waals surface area contributed by atoms with Crippen LogP contribution in [0.2, 0.25) is 0 Å². The smallest absolute Gasteiger partial charge is 0.412 e. The van der Waals surface area contributed by atoms with E-state index in [9.17, 15) is 9.59 Å². The molecular weight excluding hydrogens is 270 g/mol. The molecular formula is C15H21N3O3. The van der Waals surface area contributed by atoms with Gasteiger partial charge in [0.1, 0.15) is 5.60 Å². The molecule has 0 aromatic heterocycles. The predicted molar refractivity (Wildman–Crippen MR) is 80.1 cm³/mol. The van der Waals surface area contributed by atoms with Crippen molar-refractivity contribution >= 4 is 17.7 Å². The van der Waals surface area contributed by atoms with Crippen molar-refractivity contribution in [3.63, 3.8) is 0 Å². The molecule has 1 aromatic rings. The van der Waals surface area contributed by atoms with E-state index < -0.39 is 11.7 Å². The first-order valence-electron chi connectivity index (χ1n) is 6.93. The predicted octanol–water partition coefficient (Wildman–Crippen LogP) is 1.79. The molecule has 6 heteroatoms. The fourth-order valence-corrected chi connectivity index (χ4v) is 2.02. The van der Waals surface area contributed by atoms with Crippen molar-refractivity contribution in [1.29, 1.82) is 0 Å². The molecule has 6 nitrogen and oxygen atoms in total. The van der Waals surface area contributed by atoms with Crippen LogP contribution in [0.3, 0.4) is 0 Å². The van der Waals surface area contributed by atoms with E-state index in [1.165, 1.54) is 0 Å². The van der Waals surface area contributed by atoms with Crippen LogP contribution >= 0.6 is 0 Å². The van der Waals surface area contributed by atoms with Gasteiger partial charge in [0, 0.05) is 12.2 Å². The highest BCUT2D eigenvalue weighted by Crippen LogP contribution is 2.18. The van der Waals surface area contributed by atoms with Crippen molar-refractivity contribution in [2.24, 2.45) is 0 Å². The van der Waals surface area contributed by atoms with E-state index in [2.05, 4.69) is 16.0 Å². The van der Waals surface area contributed by atoms with Gasteiger partial charge in [-0.2, -0.15) is 0 Å². The number of benzene rings is 1. The van der Waals surface area contributed by atoms with Gasteiger partial charge >= 0.3 is 6.09 Å². The van der Waals surface area contributed by atoms with Crippen LogP contribution in [0, 0.1) is 0 Å². The molecule has 0 bridgehead atoms. The molecule has 0 spiro atoms. The molecule has 114 valence electrons. The third-order valence-electron chi connectivity index (χ3n) is 2.97. The van der Waals surface area contributed by atoms with E-state index >= 15 is 0 Å². The Morgan fingerprint density at radius 2 is 1.95 bits per heavy atom. The minimum atomic E-state index is -0.520. The van der Waals surface area contributed by atoms with Crippen LogP contribution in [0.5, 0.6) is 0 Å². The van der Waals surface area contributed by atoms with Gasteiger partial charge in [-0.1, -0.05) is 12.1 Å². The second kappa shape index (κ2) is 6.13. The summed E-state index contributed by atoms with van der Waals surface area (Å²) in [5.74, 6) is 0.00876. The molecule has 1 aliphatic heterocycles. The molecule has 2 rings (SSSR count). The van der Waals surface area contributed by atoms with Gasteiger partial charge in [-0.3, -0.25) is 15.4 Å². The average Bonchev–Trinajstić information content (AvgIpc) is 2.38. The minimum absolute atomic E-state index is 0.00876. The van der Waals surface area contributed by atoms with Gasteiger partial charge in [-0.15, -0.1) is 0 Å². The molecule has 1 aliphatic rings. The standard InChI is InChI=1S/C15H21N3O3/c1-15(2,3)21-14(20)18-11-6-4-10(5-7-11)12-8-17-13(19)9-16-12/h4-7,12,16H,8-9H2,1-3H3,(H,17,19)(H,18,20)/t12-/m1/s1. The first kappa shape index (κ1) is 15.3. The zero-order valence-electron chi connectivity index (χ0n) is 12.5. The quantitative estimate of drug-likeness (QED) is 0.776. The van der Waals surface area contributed by atoms with Crippen LogP contribution < -0.4 is 16.0 Å². The van der Waals surface area contributed by atoms with Crippen LogP contribution in [0.15, 0.2) is 24.3 Å². The zero-order valence-corrected chi connectivity index (χ0v) is 12.5. The lowest BCUT2D eigenvalue weighted by atomic mass is 10.1. The van der Waals surface area contributed by atoms with Crippen molar-refractivity contribution in [2.45, 2.75) is 32.4 Å². The highest BCUT2D eigenvalue weighted by atomic mass is 16.6. The second-order valence-electron chi connectivity index (χ2n) is 5.99. The largest absolute Gasteiger partial charge is 0.444 e. The summed E-state index contributed by atoms with van der Waals surface area (Å²) in [5.41, 5.74) is 1.21. The summed E-state index contributed by atoms with van der Waals surface area (Å²) in [6.07, 6.45) is -0.474. The normalized spacial score (nSPS) is 18.8. The summed E-state index contributed by atoms with van der Waals surface area (Å²) in [5, 5.41) is 8.65. The van der Waals surface area contributed by atoms with Crippen molar-refractivity contribution in [2.75, 3.05) is 18.4 Å². The fraction of sp³-hybridized carbons (Fsp3) is 0.467. The van der Waals surface area contributed by atoms with Crippen LogP contribution in [-0.2, 0) is 9.53 Å². The van der Waals surface area contributed by atoms with E-state index in [1.54, 1.807) is 0 Å². The molecule has 0 saturated carbocycles. The Morgan fingerprint density at radius 3 is 2.48 bits per heavy atom. The molecule has 0 radical (unpaired) electrons. The highest BCUT2D eigenvalue weighted by molar-refractivity contribution is 5.84. The molecule has 1 saturated heterocycles. The Balaban J connectivity index is 1.93. The molecule has 1 aromatic carbocycles. The molecule has 3 N–H and O–H groups in total. The zero-order chi connectivity index (χ0) is 15.5. The third kappa shape index (κ3) is 4.75. The molecule has 1 heterocycles. The van der Waals surface area contributed by atoms with Gasteiger partial charge in [-0.25, -0.2) is 4.79 Å². The van der Waals surface area contributed by atoms with Crippen molar-refractivity contribution in [3.05, 3.63) is 29.8 Å². The molecule has 0 unspecified atom stereocenters. The molecule has 21 heavy (non-hydrogen) atoms. The number of hydrogen-bond donors (Lipinski definition) is 3. The fourth-order valence-electron chi connectivity index (χ4n) is 2.02. The maximum absolute atomic E-state index is 11.7. The third-order valence-corrected chi connectivity index (χ3v) is 2.97. The van der Waals surface area contributed by atoms with E-state index in [-0.39, 0.29) is 11.9 Å². The lowest BCUT2D eigenvalue weighted by molar-refractivity contribution is -0.121. The number of piperazine rings is 1. The number of anilines is 1. The van der Waals surface area contributed by atoms with Gasteiger partial charge in [-0.05, 0) is 38.5 Å². The molecule has 0 aliphatic carbocycles. The Morgan fingerprint density at radius 1 is 1.29 bits per heavy atom. The Bertz CT molecular complexity index is 510. The number of ether oxygens (including phenoxy) is 1.